The fraction of sp³-hybridized carbons (Fsp3) is 0.0625. The molecule has 4 aromatic rings. The van der Waals surface area contributed by atoms with Crippen molar-refractivity contribution in [3.63, 3.8) is 0 Å². The Morgan fingerprint density at radius 2 is 2.00 bits per heavy atom. The number of fused-ring (bicyclic) bond motifs is 1. The summed E-state index contributed by atoms with van der Waals surface area (Å²) in [4.78, 5) is 8.77. The average Bonchev–Trinajstić information content (AvgIpc) is 3.25. The minimum absolute atomic E-state index is 0.247. The molecule has 0 aliphatic rings. The van der Waals surface area contributed by atoms with Gasteiger partial charge in [0.25, 0.3) is 10.0 Å². The van der Waals surface area contributed by atoms with Crippen LogP contribution in [0.1, 0.15) is 0 Å². The minimum atomic E-state index is -3.63. The van der Waals surface area contributed by atoms with Gasteiger partial charge in [0, 0.05) is 30.6 Å². The maximum atomic E-state index is 12.3. The van der Waals surface area contributed by atoms with E-state index in [9.17, 15) is 8.42 Å². The summed E-state index contributed by atoms with van der Waals surface area (Å²) in [5, 5.41) is 5.86. The second-order valence-electron chi connectivity index (χ2n) is 5.40. The van der Waals surface area contributed by atoms with Crippen LogP contribution in [-0.4, -0.2) is 28.2 Å². The van der Waals surface area contributed by atoms with Crippen LogP contribution in [-0.2, 0) is 17.1 Å². The molecule has 25 heavy (non-hydrogen) atoms. The van der Waals surface area contributed by atoms with Crippen LogP contribution < -0.4 is 4.72 Å². The molecule has 0 saturated carbocycles. The zero-order valence-corrected chi connectivity index (χ0v) is 14.8. The van der Waals surface area contributed by atoms with Gasteiger partial charge in [-0.25, -0.2) is 13.4 Å². The molecule has 0 aliphatic carbocycles. The van der Waals surface area contributed by atoms with Crippen molar-refractivity contribution in [2.45, 2.75) is 4.21 Å². The van der Waals surface area contributed by atoms with Gasteiger partial charge in [-0.15, -0.1) is 11.3 Å². The monoisotopic (exact) mass is 371 g/mol. The minimum Gasteiger partial charge on any atom is -0.275 e. The van der Waals surface area contributed by atoms with Crippen LogP contribution in [0.5, 0.6) is 0 Å². The molecular formula is C16H13N5O2S2. The van der Waals surface area contributed by atoms with E-state index in [-0.39, 0.29) is 10.0 Å². The number of hydrogen-bond acceptors (Lipinski definition) is 6. The molecule has 0 radical (unpaired) electrons. The lowest BCUT2D eigenvalue weighted by Gasteiger charge is -2.07. The maximum Gasteiger partial charge on any atom is 0.272 e. The molecule has 0 aromatic carbocycles. The molecule has 0 unspecified atom stereocenters. The first-order chi connectivity index (χ1) is 12.0. The molecule has 7 nitrogen and oxygen atoms in total. The van der Waals surface area contributed by atoms with Gasteiger partial charge in [0.15, 0.2) is 0 Å². The van der Waals surface area contributed by atoms with Crippen LogP contribution >= 0.6 is 11.3 Å². The number of sulfonamides is 1. The zero-order valence-electron chi connectivity index (χ0n) is 13.1. The molecule has 4 aromatic heterocycles. The number of nitrogens with zero attached hydrogens (tertiary/aromatic N) is 4. The number of nitrogens with one attached hydrogen (secondary N) is 1. The second-order valence-corrected chi connectivity index (χ2v) is 8.26. The van der Waals surface area contributed by atoms with E-state index >= 15 is 0 Å². The van der Waals surface area contributed by atoms with Crippen molar-refractivity contribution >= 4 is 38.2 Å². The van der Waals surface area contributed by atoms with Gasteiger partial charge in [-0.1, -0.05) is 6.07 Å². The molecule has 4 heterocycles. The zero-order chi connectivity index (χ0) is 17.4. The molecule has 1 N–H and O–H groups in total. The summed E-state index contributed by atoms with van der Waals surface area (Å²) < 4.78 is 29.1. The van der Waals surface area contributed by atoms with Crippen molar-refractivity contribution < 1.29 is 8.42 Å². The fourth-order valence-electron chi connectivity index (χ4n) is 2.40. The quantitative estimate of drug-likeness (QED) is 0.596. The lowest BCUT2D eigenvalue weighted by atomic mass is 10.1. The Morgan fingerprint density at radius 1 is 1.12 bits per heavy atom. The first-order valence-electron chi connectivity index (χ1n) is 7.33. The molecule has 4 rings (SSSR count). The van der Waals surface area contributed by atoms with Gasteiger partial charge in [-0.3, -0.25) is 14.4 Å². The smallest absolute Gasteiger partial charge is 0.272 e. The standard InChI is InChI=1S/C16H13N5O2S2/c1-21-10-12(9-18-21)11-7-14-13(17-8-11)4-5-15(19-14)20-25(22,23)16-3-2-6-24-16/h2-10H,1H3,(H,19,20). The maximum absolute atomic E-state index is 12.3. The van der Waals surface area contributed by atoms with Gasteiger partial charge in [0.05, 0.1) is 17.2 Å². The Morgan fingerprint density at radius 3 is 2.72 bits per heavy atom. The third kappa shape index (κ3) is 3.11. The van der Waals surface area contributed by atoms with Crippen molar-refractivity contribution in [2.24, 2.45) is 7.05 Å². The van der Waals surface area contributed by atoms with E-state index in [0.717, 1.165) is 22.5 Å². The average molecular weight is 371 g/mol. The molecule has 0 aliphatic heterocycles. The van der Waals surface area contributed by atoms with Crippen molar-refractivity contribution in [1.82, 2.24) is 19.7 Å². The van der Waals surface area contributed by atoms with Crippen molar-refractivity contribution in [1.29, 1.82) is 0 Å². The molecule has 0 saturated heterocycles. The lowest BCUT2D eigenvalue weighted by Crippen LogP contribution is -2.12. The highest BCUT2D eigenvalue weighted by atomic mass is 32.2. The Kier molecular flexibility index (Phi) is 3.74. The van der Waals surface area contributed by atoms with Gasteiger partial charge in [-0.05, 0) is 29.6 Å². The first kappa shape index (κ1) is 15.7. The summed E-state index contributed by atoms with van der Waals surface area (Å²) in [6.07, 6.45) is 5.37. The van der Waals surface area contributed by atoms with Crippen LogP contribution in [0, 0.1) is 0 Å². The molecule has 0 amide bonds. The van der Waals surface area contributed by atoms with Gasteiger partial charge in [0.1, 0.15) is 10.0 Å². The van der Waals surface area contributed by atoms with Crippen LogP contribution in [0.2, 0.25) is 0 Å². The summed E-state index contributed by atoms with van der Waals surface area (Å²) in [5.74, 6) is 0.256. The summed E-state index contributed by atoms with van der Waals surface area (Å²) in [5.41, 5.74) is 3.08. The lowest BCUT2D eigenvalue weighted by molar-refractivity contribution is 0.603. The van der Waals surface area contributed by atoms with Gasteiger partial charge < -0.3 is 0 Å². The Bertz CT molecular complexity index is 1150. The van der Waals surface area contributed by atoms with Gasteiger partial charge >= 0.3 is 0 Å². The van der Waals surface area contributed by atoms with Crippen molar-refractivity contribution in [3.8, 4) is 11.1 Å². The third-order valence-electron chi connectivity index (χ3n) is 3.57. The van der Waals surface area contributed by atoms with Crippen LogP contribution in [0.15, 0.2) is 58.5 Å². The predicted molar refractivity (Wildman–Crippen MR) is 96.9 cm³/mol. The van der Waals surface area contributed by atoms with Crippen LogP contribution in [0.4, 0.5) is 5.82 Å². The fourth-order valence-corrected chi connectivity index (χ4v) is 4.39. The van der Waals surface area contributed by atoms with E-state index in [1.165, 1.54) is 0 Å². The molecule has 0 spiro atoms. The second kappa shape index (κ2) is 5.94. The highest BCUT2D eigenvalue weighted by Crippen LogP contribution is 2.24. The van der Waals surface area contributed by atoms with Crippen molar-refractivity contribution in [3.05, 3.63) is 54.3 Å². The third-order valence-corrected chi connectivity index (χ3v) is 6.33. The van der Waals surface area contributed by atoms with Crippen LogP contribution in [0.3, 0.4) is 0 Å². The normalized spacial score (nSPS) is 11.7. The number of hydrogen-bond donors (Lipinski definition) is 1. The number of anilines is 1. The Labute approximate surface area is 148 Å². The van der Waals surface area contributed by atoms with E-state index < -0.39 is 10.0 Å². The van der Waals surface area contributed by atoms with E-state index in [2.05, 4.69) is 19.8 Å². The largest absolute Gasteiger partial charge is 0.275 e. The van der Waals surface area contributed by atoms with E-state index in [4.69, 9.17) is 0 Å². The predicted octanol–water partition coefficient (Wildman–Crippen LogP) is 2.89. The Balaban J connectivity index is 1.71. The molecule has 0 bridgehead atoms. The van der Waals surface area contributed by atoms with E-state index in [1.54, 1.807) is 46.7 Å². The number of aryl methyl sites for hydroxylation is 1. The highest BCUT2D eigenvalue weighted by molar-refractivity contribution is 7.94. The van der Waals surface area contributed by atoms with Gasteiger partial charge in [0.2, 0.25) is 0 Å². The van der Waals surface area contributed by atoms with Crippen LogP contribution in [0.25, 0.3) is 22.2 Å². The summed E-state index contributed by atoms with van der Waals surface area (Å²) in [6, 6.07) is 8.45. The number of pyridine rings is 2. The highest BCUT2D eigenvalue weighted by Gasteiger charge is 2.16. The van der Waals surface area contributed by atoms with Crippen molar-refractivity contribution in [2.75, 3.05) is 4.72 Å². The molecule has 0 fully saturated rings. The topological polar surface area (TPSA) is 89.8 Å². The summed E-state index contributed by atoms with van der Waals surface area (Å²) in [7, 11) is -1.78. The number of rotatable bonds is 4. The Hall–Kier alpha value is -2.78. The van der Waals surface area contributed by atoms with Gasteiger partial charge in [-0.2, -0.15) is 5.10 Å². The summed E-state index contributed by atoms with van der Waals surface area (Å²) in [6.45, 7) is 0. The molecule has 0 atom stereocenters. The molecule has 126 valence electrons. The SMILES string of the molecule is Cn1cc(-c2cnc3ccc(NS(=O)(=O)c4cccs4)nc3c2)cn1. The van der Waals surface area contributed by atoms with E-state index in [0.29, 0.717) is 11.0 Å². The van der Waals surface area contributed by atoms with E-state index in [1.807, 2.05) is 19.3 Å². The number of thiophene rings is 1. The molecule has 9 heteroatoms. The summed E-state index contributed by atoms with van der Waals surface area (Å²) >= 11 is 1.15. The first-order valence-corrected chi connectivity index (χ1v) is 9.70. The molecular weight excluding hydrogens is 358 g/mol. The number of aromatic nitrogens is 4.